The summed E-state index contributed by atoms with van der Waals surface area (Å²) in [5.41, 5.74) is 9.55. The lowest BCUT2D eigenvalue weighted by Gasteiger charge is -2.33. The first-order chi connectivity index (χ1) is 11.3. The van der Waals surface area contributed by atoms with Crippen LogP contribution in [0.4, 0.5) is 5.69 Å². The maximum atomic E-state index is 5.64. The molecule has 0 bridgehead atoms. The average Bonchev–Trinajstić information content (AvgIpc) is 2.95. The van der Waals surface area contributed by atoms with E-state index in [1.54, 1.807) is 11.8 Å². The molecule has 2 N–H and O–H groups in total. The Labute approximate surface area is 140 Å². The number of nitrogens with one attached hydrogen (secondary N) is 2. The van der Waals surface area contributed by atoms with Crippen LogP contribution < -0.4 is 10.9 Å². The lowest BCUT2D eigenvalue weighted by molar-refractivity contribution is -0.187. The van der Waals surface area contributed by atoms with Gasteiger partial charge in [0.1, 0.15) is 0 Å². The van der Waals surface area contributed by atoms with Crippen LogP contribution in [0.3, 0.4) is 0 Å². The third-order valence-corrected chi connectivity index (χ3v) is 5.46. The molecule has 2 heterocycles. The second kappa shape index (κ2) is 6.30. The van der Waals surface area contributed by atoms with Gasteiger partial charge in [-0.15, -0.1) is 0 Å². The highest BCUT2D eigenvalue weighted by molar-refractivity contribution is 8.00. The molecule has 122 valence electrons. The van der Waals surface area contributed by atoms with Crippen molar-refractivity contribution >= 4 is 28.2 Å². The summed E-state index contributed by atoms with van der Waals surface area (Å²) < 4.78 is 0. The lowest BCUT2D eigenvalue weighted by atomic mass is 10.0. The quantitative estimate of drug-likeness (QED) is 0.893. The molecule has 23 heavy (non-hydrogen) atoms. The number of hydroxylamine groups is 1. The highest BCUT2D eigenvalue weighted by atomic mass is 32.2. The first kappa shape index (κ1) is 15.2. The summed E-state index contributed by atoms with van der Waals surface area (Å²) in [7, 11) is 0. The molecule has 1 atom stereocenters. The minimum atomic E-state index is 0.110. The summed E-state index contributed by atoms with van der Waals surface area (Å²) in [6.07, 6.45) is 2.32. The van der Waals surface area contributed by atoms with E-state index in [-0.39, 0.29) is 5.50 Å². The van der Waals surface area contributed by atoms with Crippen molar-refractivity contribution in [1.82, 2.24) is 15.6 Å². The SMILES string of the molecule is CCCc1ccc2c3c(ccc2c1)SC1N(CNN1OCC)N3. The van der Waals surface area contributed by atoms with E-state index in [1.807, 2.05) is 12.1 Å². The maximum Gasteiger partial charge on any atom is 0.172 e. The van der Waals surface area contributed by atoms with Gasteiger partial charge < -0.3 is 5.43 Å². The number of fused-ring (bicyclic) bond motifs is 4. The van der Waals surface area contributed by atoms with Gasteiger partial charge in [-0.05, 0) is 30.4 Å². The molecule has 1 saturated heterocycles. The highest BCUT2D eigenvalue weighted by Gasteiger charge is 2.38. The number of hydrazine groups is 2. The molecule has 4 rings (SSSR count). The van der Waals surface area contributed by atoms with Crippen molar-refractivity contribution in [3.63, 3.8) is 0 Å². The van der Waals surface area contributed by atoms with Gasteiger partial charge in [-0.25, -0.2) is 5.43 Å². The van der Waals surface area contributed by atoms with Crippen LogP contribution >= 0.6 is 11.8 Å². The Hall–Kier alpha value is -1.31. The molecule has 2 aromatic carbocycles. The Balaban J connectivity index is 1.69. The topological polar surface area (TPSA) is 39.8 Å². The van der Waals surface area contributed by atoms with Gasteiger partial charge in [0.15, 0.2) is 5.50 Å². The van der Waals surface area contributed by atoms with Crippen LogP contribution in [0.1, 0.15) is 25.8 Å². The van der Waals surface area contributed by atoms with Crippen molar-refractivity contribution in [3.8, 4) is 0 Å². The molecule has 1 unspecified atom stereocenters. The van der Waals surface area contributed by atoms with Gasteiger partial charge in [0, 0.05) is 10.3 Å². The predicted octanol–water partition coefficient (Wildman–Crippen LogP) is 3.54. The second-order valence-electron chi connectivity index (χ2n) is 5.83. The van der Waals surface area contributed by atoms with E-state index in [2.05, 4.69) is 53.1 Å². The second-order valence-corrected chi connectivity index (χ2v) is 6.93. The molecule has 0 aliphatic carbocycles. The number of hydrogen-bond donors (Lipinski definition) is 2. The van der Waals surface area contributed by atoms with Crippen molar-refractivity contribution in [2.45, 2.75) is 37.1 Å². The minimum Gasteiger partial charge on any atom is -0.314 e. The summed E-state index contributed by atoms with van der Waals surface area (Å²) in [6, 6.07) is 11.2. The summed E-state index contributed by atoms with van der Waals surface area (Å²) in [4.78, 5) is 6.90. The molecule has 0 spiro atoms. The highest BCUT2D eigenvalue weighted by Crippen LogP contribution is 2.43. The van der Waals surface area contributed by atoms with Gasteiger partial charge in [0.2, 0.25) is 0 Å². The van der Waals surface area contributed by atoms with Gasteiger partial charge in [-0.3, -0.25) is 4.84 Å². The Morgan fingerprint density at radius 2 is 2.17 bits per heavy atom. The predicted molar refractivity (Wildman–Crippen MR) is 94.5 cm³/mol. The average molecular weight is 330 g/mol. The summed E-state index contributed by atoms with van der Waals surface area (Å²) in [5, 5.41) is 6.58. The minimum absolute atomic E-state index is 0.110. The molecule has 5 nitrogen and oxygen atoms in total. The van der Waals surface area contributed by atoms with Gasteiger partial charge in [0.25, 0.3) is 0 Å². The van der Waals surface area contributed by atoms with Crippen molar-refractivity contribution in [1.29, 1.82) is 0 Å². The Kier molecular flexibility index (Phi) is 4.17. The number of anilines is 1. The van der Waals surface area contributed by atoms with Crippen LogP contribution in [-0.4, -0.2) is 29.0 Å². The molecular formula is C17H22N4OS. The molecule has 0 radical (unpaired) electrons. The molecule has 6 heteroatoms. The zero-order chi connectivity index (χ0) is 15.8. The van der Waals surface area contributed by atoms with Crippen LogP contribution in [0.15, 0.2) is 35.2 Å². The van der Waals surface area contributed by atoms with Crippen LogP contribution in [0.5, 0.6) is 0 Å². The van der Waals surface area contributed by atoms with Crippen LogP contribution in [0.25, 0.3) is 10.8 Å². The molecule has 2 aromatic rings. The smallest absolute Gasteiger partial charge is 0.172 e. The monoisotopic (exact) mass is 330 g/mol. The third-order valence-electron chi connectivity index (χ3n) is 4.20. The number of benzene rings is 2. The van der Waals surface area contributed by atoms with E-state index in [4.69, 9.17) is 4.84 Å². The van der Waals surface area contributed by atoms with Crippen LogP contribution in [0.2, 0.25) is 0 Å². The molecule has 2 aliphatic rings. The normalized spacial score (nSPS) is 21.2. The van der Waals surface area contributed by atoms with E-state index in [1.165, 1.54) is 33.3 Å². The van der Waals surface area contributed by atoms with E-state index in [0.717, 1.165) is 13.1 Å². The number of hydrogen-bond acceptors (Lipinski definition) is 6. The molecular weight excluding hydrogens is 308 g/mol. The van der Waals surface area contributed by atoms with E-state index in [9.17, 15) is 0 Å². The molecule has 0 saturated carbocycles. The van der Waals surface area contributed by atoms with Crippen LogP contribution in [-0.2, 0) is 11.3 Å². The Morgan fingerprint density at radius 1 is 1.26 bits per heavy atom. The number of aryl methyl sites for hydroxylation is 1. The van der Waals surface area contributed by atoms with Crippen molar-refractivity contribution in [2.24, 2.45) is 0 Å². The zero-order valence-electron chi connectivity index (χ0n) is 13.5. The first-order valence-electron chi connectivity index (χ1n) is 8.21. The van der Waals surface area contributed by atoms with Gasteiger partial charge in [-0.2, -0.15) is 5.01 Å². The van der Waals surface area contributed by atoms with Crippen molar-refractivity contribution in [2.75, 3.05) is 18.7 Å². The van der Waals surface area contributed by atoms with Gasteiger partial charge in [-0.1, -0.05) is 54.5 Å². The Morgan fingerprint density at radius 3 is 3.00 bits per heavy atom. The largest absolute Gasteiger partial charge is 0.314 e. The molecule has 2 aliphatic heterocycles. The molecule has 1 fully saturated rings. The fourth-order valence-corrected chi connectivity index (χ4v) is 4.29. The molecule has 0 amide bonds. The fraction of sp³-hybridized carbons (Fsp3) is 0.412. The number of thioether (sulfide) groups is 1. The molecule has 0 aromatic heterocycles. The standard InChI is InChI=1S/C17H22N4OS/c1-3-5-12-6-8-14-13(10-12)7-9-15-16(14)19-20-11-18-21(22-4-2)17(20)23-15/h6-10,17-19H,3-5,11H2,1-2H3. The lowest BCUT2D eigenvalue weighted by Crippen LogP contribution is -2.42. The van der Waals surface area contributed by atoms with Gasteiger partial charge in [0.05, 0.1) is 19.0 Å². The van der Waals surface area contributed by atoms with E-state index < -0.39 is 0 Å². The first-order valence-corrected chi connectivity index (χ1v) is 9.09. The summed E-state index contributed by atoms with van der Waals surface area (Å²) >= 11 is 1.81. The Bertz CT molecular complexity index is 723. The summed E-state index contributed by atoms with van der Waals surface area (Å²) in [5.74, 6) is 0. The number of nitrogens with zero attached hydrogens (tertiary/aromatic N) is 2. The maximum absolute atomic E-state index is 5.64. The van der Waals surface area contributed by atoms with E-state index >= 15 is 0 Å². The summed E-state index contributed by atoms with van der Waals surface area (Å²) in [6.45, 7) is 5.60. The van der Waals surface area contributed by atoms with E-state index in [0.29, 0.717) is 6.61 Å². The van der Waals surface area contributed by atoms with Crippen molar-refractivity contribution < 1.29 is 4.84 Å². The zero-order valence-corrected chi connectivity index (χ0v) is 14.3. The van der Waals surface area contributed by atoms with Crippen molar-refractivity contribution in [3.05, 3.63) is 35.9 Å². The third kappa shape index (κ3) is 2.70. The number of rotatable bonds is 4. The fourth-order valence-electron chi connectivity index (χ4n) is 3.16. The van der Waals surface area contributed by atoms with Gasteiger partial charge >= 0.3 is 0 Å². The van der Waals surface area contributed by atoms with Crippen LogP contribution in [0, 0.1) is 0 Å².